The predicted molar refractivity (Wildman–Crippen MR) is 78.6 cm³/mol. The van der Waals surface area contributed by atoms with E-state index in [1.165, 1.54) is 19.3 Å². The standard InChI is InChI=1S/C15H23N3O2/c1-11-6-5-9-14(17-11)18-15(20)16-10-13(19)12-7-3-2-4-8-12/h5-6,9,12-13,19H,2-4,7-8,10H2,1H3,(H2,16,17,18,20)/t13-/m1/s1. The van der Waals surface area contributed by atoms with Crippen molar-refractivity contribution in [2.45, 2.75) is 45.1 Å². The van der Waals surface area contributed by atoms with Gasteiger partial charge in [0.2, 0.25) is 0 Å². The van der Waals surface area contributed by atoms with Gasteiger partial charge in [0.1, 0.15) is 5.82 Å². The third kappa shape index (κ3) is 4.49. The highest BCUT2D eigenvalue weighted by molar-refractivity contribution is 5.88. The lowest BCUT2D eigenvalue weighted by molar-refractivity contribution is 0.0863. The summed E-state index contributed by atoms with van der Waals surface area (Å²) in [6, 6.07) is 5.13. The number of carbonyl (C=O) groups excluding carboxylic acids is 1. The molecule has 2 rings (SSSR count). The maximum absolute atomic E-state index is 11.7. The fraction of sp³-hybridized carbons (Fsp3) is 0.600. The van der Waals surface area contributed by atoms with Gasteiger partial charge in [0.15, 0.2) is 0 Å². The van der Waals surface area contributed by atoms with Crippen LogP contribution in [0.2, 0.25) is 0 Å². The van der Waals surface area contributed by atoms with Crippen LogP contribution >= 0.6 is 0 Å². The van der Waals surface area contributed by atoms with Crippen molar-refractivity contribution in [1.82, 2.24) is 10.3 Å². The third-order valence-corrected chi connectivity index (χ3v) is 3.80. The highest BCUT2D eigenvalue weighted by Gasteiger charge is 2.21. The molecule has 5 nitrogen and oxygen atoms in total. The van der Waals surface area contributed by atoms with Crippen LogP contribution in [0.3, 0.4) is 0 Å². The van der Waals surface area contributed by atoms with E-state index in [-0.39, 0.29) is 6.03 Å². The van der Waals surface area contributed by atoms with Gasteiger partial charge in [-0.25, -0.2) is 9.78 Å². The number of urea groups is 1. The fourth-order valence-electron chi connectivity index (χ4n) is 2.66. The van der Waals surface area contributed by atoms with Crippen LogP contribution < -0.4 is 10.6 Å². The van der Waals surface area contributed by atoms with Crippen molar-refractivity contribution in [3.63, 3.8) is 0 Å². The Kier molecular flexibility index (Phi) is 5.35. The van der Waals surface area contributed by atoms with Crippen LogP contribution in [0.4, 0.5) is 10.6 Å². The van der Waals surface area contributed by atoms with Crippen LogP contribution in [-0.4, -0.2) is 28.8 Å². The first-order valence-electron chi connectivity index (χ1n) is 7.32. The van der Waals surface area contributed by atoms with Gasteiger partial charge in [-0.05, 0) is 37.8 Å². The van der Waals surface area contributed by atoms with Crippen LogP contribution in [0, 0.1) is 12.8 Å². The summed E-state index contributed by atoms with van der Waals surface area (Å²) in [6.07, 6.45) is 5.29. The van der Waals surface area contributed by atoms with Gasteiger partial charge < -0.3 is 10.4 Å². The number of aliphatic hydroxyl groups excluding tert-OH is 1. The van der Waals surface area contributed by atoms with Crippen molar-refractivity contribution >= 4 is 11.8 Å². The van der Waals surface area contributed by atoms with Gasteiger partial charge in [-0.2, -0.15) is 0 Å². The summed E-state index contributed by atoms with van der Waals surface area (Å²) in [4.78, 5) is 15.9. The van der Waals surface area contributed by atoms with Crippen molar-refractivity contribution in [2.24, 2.45) is 5.92 Å². The fourth-order valence-corrected chi connectivity index (χ4v) is 2.66. The molecule has 5 heteroatoms. The molecule has 20 heavy (non-hydrogen) atoms. The molecule has 1 aliphatic carbocycles. The van der Waals surface area contributed by atoms with Gasteiger partial charge in [0.25, 0.3) is 0 Å². The third-order valence-electron chi connectivity index (χ3n) is 3.80. The molecule has 110 valence electrons. The van der Waals surface area contributed by atoms with Gasteiger partial charge >= 0.3 is 6.03 Å². The minimum atomic E-state index is -0.452. The summed E-state index contributed by atoms with van der Waals surface area (Å²) >= 11 is 0. The smallest absolute Gasteiger partial charge is 0.320 e. The summed E-state index contributed by atoms with van der Waals surface area (Å²) in [6.45, 7) is 2.16. The van der Waals surface area contributed by atoms with Crippen molar-refractivity contribution < 1.29 is 9.90 Å². The molecule has 1 heterocycles. The van der Waals surface area contributed by atoms with Crippen LogP contribution in [0.15, 0.2) is 18.2 Å². The molecule has 0 spiro atoms. The van der Waals surface area contributed by atoms with E-state index in [4.69, 9.17) is 0 Å². The Morgan fingerprint density at radius 3 is 2.85 bits per heavy atom. The second-order valence-electron chi connectivity index (χ2n) is 5.46. The van der Waals surface area contributed by atoms with Crippen molar-refractivity contribution in [1.29, 1.82) is 0 Å². The molecule has 1 aliphatic rings. The van der Waals surface area contributed by atoms with Crippen LogP contribution in [-0.2, 0) is 0 Å². The summed E-state index contributed by atoms with van der Waals surface area (Å²) in [5.74, 6) is 0.843. The number of amides is 2. The van der Waals surface area contributed by atoms with E-state index in [0.29, 0.717) is 18.3 Å². The molecule has 3 N–H and O–H groups in total. The van der Waals surface area contributed by atoms with Crippen LogP contribution in [0.25, 0.3) is 0 Å². The van der Waals surface area contributed by atoms with E-state index in [1.807, 2.05) is 19.1 Å². The van der Waals surface area contributed by atoms with E-state index < -0.39 is 6.10 Å². The number of nitrogens with zero attached hydrogens (tertiary/aromatic N) is 1. The van der Waals surface area contributed by atoms with E-state index in [2.05, 4.69) is 15.6 Å². The summed E-state index contributed by atoms with van der Waals surface area (Å²) in [5.41, 5.74) is 0.852. The Morgan fingerprint density at radius 1 is 1.40 bits per heavy atom. The first-order valence-corrected chi connectivity index (χ1v) is 7.32. The topological polar surface area (TPSA) is 74.2 Å². The SMILES string of the molecule is Cc1cccc(NC(=O)NC[C@@H](O)C2CCCCC2)n1. The minimum Gasteiger partial charge on any atom is -0.391 e. The maximum Gasteiger partial charge on any atom is 0.320 e. The zero-order chi connectivity index (χ0) is 14.4. The van der Waals surface area contributed by atoms with Crippen LogP contribution in [0.5, 0.6) is 0 Å². The molecular formula is C15H23N3O2. The molecule has 1 saturated carbocycles. The summed E-state index contributed by atoms with van der Waals surface area (Å²) in [5, 5.41) is 15.5. The monoisotopic (exact) mass is 277 g/mol. The molecule has 0 saturated heterocycles. The number of aryl methyl sites for hydroxylation is 1. The lowest BCUT2D eigenvalue weighted by Gasteiger charge is -2.26. The van der Waals surface area contributed by atoms with Gasteiger partial charge in [0.05, 0.1) is 6.10 Å². The number of pyridine rings is 1. The number of nitrogens with one attached hydrogen (secondary N) is 2. The number of carbonyl (C=O) groups is 1. The highest BCUT2D eigenvalue weighted by Crippen LogP contribution is 2.26. The second-order valence-corrected chi connectivity index (χ2v) is 5.46. The number of aromatic nitrogens is 1. The predicted octanol–water partition coefficient (Wildman–Crippen LogP) is 2.45. The Morgan fingerprint density at radius 2 is 2.15 bits per heavy atom. The Balaban J connectivity index is 1.74. The van der Waals surface area contributed by atoms with Gasteiger partial charge in [-0.15, -0.1) is 0 Å². The lowest BCUT2D eigenvalue weighted by Crippen LogP contribution is -2.39. The molecule has 0 aromatic carbocycles. The molecule has 1 aromatic heterocycles. The number of rotatable bonds is 4. The van der Waals surface area contributed by atoms with Crippen LogP contribution in [0.1, 0.15) is 37.8 Å². The molecular weight excluding hydrogens is 254 g/mol. The van der Waals surface area contributed by atoms with E-state index in [1.54, 1.807) is 6.07 Å². The quantitative estimate of drug-likeness (QED) is 0.791. The average Bonchev–Trinajstić information content (AvgIpc) is 2.46. The normalized spacial score (nSPS) is 17.5. The average molecular weight is 277 g/mol. The molecule has 2 amide bonds. The lowest BCUT2D eigenvalue weighted by atomic mass is 9.85. The molecule has 0 aliphatic heterocycles. The summed E-state index contributed by atoms with van der Waals surface area (Å²) in [7, 11) is 0. The highest BCUT2D eigenvalue weighted by atomic mass is 16.3. The van der Waals surface area contributed by atoms with Gasteiger partial charge in [-0.3, -0.25) is 5.32 Å². The number of anilines is 1. The minimum absolute atomic E-state index is 0.294. The Hall–Kier alpha value is -1.62. The number of aliphatic hydroxyl groups is 1. The zero-order valence-corrected chi connectivity index (χ0v) is 11.9. The first kappa shape index (κ1) is 14.8. The molecule has 1 aromatic rings. The first-order chi connectivity index (χ1) is 9.65. The Bertz CT molecular complexity index is 444. The Labute approximate surface area is 119 Å². The molecule has 0 radical (unpaired) electrons. The van der Waals surface area contributed by atoms with E-state index in [0.717, 1.165) is 18.5 Å². The van der Waals surface area contributed by atoms with Crippen molar-refractivity contribution in [3.8, 4) is 0 Å². The summed E-state index contributed by atoms with van der Waals surface area (Å²) < 4.78 is 0. The number of hydrogen-bond acceptors (Lipinski definition) is 3. The second kappa shape index (κ2) is 7.24. The number of hydrogen-bond donors (Lipinski definition) is 3. The molecule has 0 bridgehead atoms. The zero-order valence-electron chi connectivity index (χ0n) is 11.9. The maximum atomic E-state index is 11.7. The molecule has 1 atom stereocenters. The van der Waals surface area contributed by atoms with Crippen molar-refractivity contribution in [3.05, 3.63) is 23.9 Å². The van der Waals surface area contributed by atoms with E-state index in [9.17, 15) is 9.90 Å². The van der Waals surface area contributed by atoms with E-state index >= 15 is 0 Å². The van der Waals surface area contributed by atoms with Gasteiger partial charge in [-0.1, -0.05) is 25.3 Å². The van der Waals surface area contributed by atoms with Gasteiger partial charge in [0, 0.05) is 12.2 Å². The molecule has 1 fully saturated rings. The van der Waals surface area contributed by atoms with Crippen molar-refractivity contribution in [2.75, 3.05) is 11.9 Å². The largest absolute Gasteiger partial charge is 0.391 e. The molecule has 0 unspecified atom stereocenters.